The number of benzene rings is 2. The van der Waals surface area contributed by atoms with E-state index in [4.69, 9.17) is 21.1 Å². The Labute approximate surface area is 130 Å². The standard InChI is InChI=1S/C17H18ClNO2/c1-20-16-8-4-6-14-11-19(12-21-17(14)16)10-9-13-5-2-3-7-15(13)18/h2-8H,9-12H2,1H3. The molecule has 0 radical (unpaired) electrons. The molecule has 2 aromatic rings. The lowest BCUT2D eigenvalue weighted by Crippen LogP contribution is -2.33. The Morgan fingerprint density at radius 2 is 2.05 bits per heavy atom. The van der Waals surface area contributed by atoms with Crippen LogP contribution in [0.5, 0.6) is 11.5 Å². The molecule has 3 nitrogen and oxygen atoms in total. The van der Waals surface area contributed by atoms with Gasteiger partial charge in [-0.3, -0.25) is 4.90 Å². The van der Waals surface area contributed by atoms with Crippen molar-refractivity contribution in [1.29, 1.82) is 0 Å². The quantitative estimate of drug-likeness (QED) is 0.859. The van der Waals surface area contributed by atoms with Gasteiger partial charge in [-0.1, -0.05) is 41.9 Å². The lowest BCUT2D eigenvalue weighted by molar-refractivity contribution is 0.0930. The molecule has 0 bridgehead atoms. The number of fused-ring (bicyclic) bond motifs is 1. The highest BCUT2D eigenvalue weighted by Crippen LogP contribution is 2.34. The largest absolute Gasteiger partial charge is 0.493 e. The summed E-state index contributed by atoms with van der Waals surface area (Å²) in [6, 6.07) is 14.0. The number of nitrogens with zero attached hydrogens (tertiary/aromatic N) is 1. The number of rotatable bonds is 4. The zero-order valence-electron chi connectivity index (χ0n) is 12.0. The number of para-hydroxylation sites is 1. The second-order valence-corrected chi connectivity index (χ2v) is 5.52. The molecule has 110 valence electrons. The van der Waals surface area contributed by atoms with E-state index in [0.717, 1.165) is 36.0 Å². The maximum atomic E-state index is 6.20. The highest BCUT2D eigenvalue weighted by Gasteiger charge is 2.20. The van der Waals surface area contributed by atoms with Gasteiger partial charge >= 0.3 is 0 Å². The summed E-state index contributed by atoms with van der Waals surface area (Å²) < 4.78 is 11.2. The molecule has 0 unspecified atom stereocenters. The number of halogens is 1. The van der Waals surface area contributed by atoms with Gasteiger partial charge in [0.15, 0.2) is 11.5 Å². The van der Waals surface area contributed by atoms with E-state index in [1.165, 1.54) is 11.1 Å². The predicted molar refractivity (Wildman–Crippen MR) is 84.1 cm³/mol. The molecule has 0 atom stereocenters. The van der Waals surface area contributed by atoms with Crippen LogP contribution in [-0.4, -0.2) is 25.3 Å². The van der Waals surface area contributed by atoms with Crippen LogP contribution >= 0.6 is 11.6 Å². The van der Waals surface area contributed by atoms with Gasteiger partial charge in [0.05, 0.1) is 7.11 Å². The van der Waals surface area contributed by atoms with Crippen molar-refractivity contribution in [3.8, 4) is 11.5 Å². The molecule has 0 saturated carbocycles. The third-order valence-electron chi connectivity index (χ3n) is 3.72. The van der Waals surface area contributed by atoms with Gasteiger partial charge in [0.2, 0.25) is 0 Å². The van der Waals surface area contributed by atoms with Crippen LogP contribution in [0, 0.1) is 0 Å². The van der Waals surface area contributed by atoms with Crippen molar-refractivity contribution in [2.45, 2.75) is 13.0 Å². The van der Waals surface area contributed by atoms with Gasteiger partial charge in [-0.2, -0.15) is 0 Å². The first-order valence-corrected chi connectivity index (χ1v) is 7.40. The fourth-order valence-electron chi connectivity index (χ4n) is 2.58. The molecule has 0 N–H and O–H groups in total. The minimum Gasteiger partial charge on any atom is -0.493 e. The van der Waals surface area contributed by atoms with Crippen molar-refractivity contribution in [1.82, 2.24) is 4.90 Å². The molecule has 0 aromatic heterocycles. The molecule has 0 spiro atoms. The molecule has 2 aromatic carbocycles. The van der Waals surface area contributed by atoms with Gasteiger partial charge in [0, 0.05) is 23.7 Å². The lowest BCUT2D eigenvalue weighted by atomic mass is 10.1. The lowest BCUT2D eigenvalue weighted by Gasteiger charge is -2.29. The molecule has 0 saturated heterocycles. The van der Waals surface area contributed by atoms with Crippen molar-refractivity contribution in [3.05, 3.63) is 58.6 Å². The van der Waals surface area contributed by atoms with E-state index >= 15 is 0 Å². The van der Waals surface area contributed by atoms with Gasteiger partial charge in [0.25, 0.3) is 0 Å². The average molecular weight is 304 g/mol. The smallest absolute Gasteiger partial charge is 0.167 e. The van der Waals surface area contributed by atoms with Crippen LogP contribution in [0.1, 0.15) is 11.1 Å². The average Bonchev–Trinajstić information content (AvgIpc) is 2.53. The molecular formula is C17H18ClNO2. The Kier molecular flexibility index (Phi) is 4.32. The van der Waals surface area contributed by atoms with Crippen LogP contribution in [0.15, 0.2) is 42.5 Å². The van der Waals surface area contributed by atoms with Crippen LogP contribution in [0.25, 0.3) is 0 Å². The fourth-order valence-corrected chi connectivity index (χ4v) is 2.81. The van der Waals surface area contributed by atoms with E-state index in [1.807, 2.05) is 30.3 Å². The first-order chi connectivity index (χ1) is 10.3. The van der Waals surface area contributed by atoms with Crippen LogP contribution in [0.3, 0.4) is 0 Å². The van der Waals surface area contributed by atoms with E-state index in [0.29, 0.717) is 6.73 Å². The Balaban J connectivity index is 1.66. The van der Waals surface area contributed by atoms with Crippen LogP contribution in [-0.2, 0) is 13.0 Å². The summed E-state index contributed by atoms with van der Waals surface area (Å²) in [4.78, 5) is 2.27. The topological polar surface area (TPSA) is 21.7 Å². The van der Waals surface area contributed by atoms with Crippen molar-refractivity contribution >= 4 is 11.6 Å². The van der Waals surface area contributed by atoms with Crippen molar-refractivity contribution < 1.29 is 9.47 Å². The Morgan fingerprint density at radius 1 is 1.19 bits per heavy atom. The Bertz CT molecular complexity index is 630. The van der Waals surface area contributed by atoms with E-state index in [2.05, 4.69) is 17.0 Å². The van der Waals surface area contributed by atoms with E-state index in [1.54, 1.807) is 7.11 Å². The summed E-state index contributed by atoms with van der Waals surface area (Å²) >= 11 is 6.20. The molecule has 0 aliphatic carbocycles. The zero-order valence-corrected chi connectivity index (χ0v) is 12.8. The third-order valence-corrected chi connectivity index (χ3v) is 4.09. The van der Waals surface area contributed by atoms with Crippen LogP contribution < -0.4 is 9.47 Å². The molecular weight excluding hydrogens is 286 g/mol. The summed E-state index contributed by atoms with van der Waals surface area (Å²) in [5.74, 6) is 1.67. The number of methoxy groups -OCH3 is 1. The monoisotopic (exact) mass is 303 g/mol. The predicted octanol–water partition coefficient (Wildman–Crippen LogP) is 3.74. The minimum absolute atomic E-state index is 0.581. The molecule has 0 amide bonds. The van der Waals surface area contributed by atoms with Crippen LogP contribution in [0.2, 0.25) is 5.02 Å². The van der Waals surface area contributed by atoms with Crippen molar-refractivity contribution in [2.24, 2.45) is 0 Å². The number of hydrogen-bond donors (Lipinski definition) is 0. The van der Waals surface area contributed by atoms with Gasteiger partial charge in [-0.25, -0.2) is 0 Å². The third kappa shape index (κ3) is 3.14. The maximum Gasteiger partial charge on any atom is 0.167 e. The molecule has 4 heteroatoms. The van der Waals surface area contributed by atoms with E-state index in [9.17, 15) is 0 Å². The minimum atomic E-state index is 0.581. The highest BCUT2D eigenvalue weighted by molar-refractivity contribution is 6.31. The summed E-state index contributed by atoms with van der Waals surface area (Å²) in [6.45, 7) is 2.37. The van der Waals surface area contributed by atoms with Gasteiger partial charge < -0.3 is 9.47 Å². The van der Waals surface area contributed by atoms with Crippen LogP contribution in [0.4, 0.5) is 0 Å². The van der Waals surface area contributed by atoms with Gasteiger partial charge in [0.1, 0.15) is 6.73 Å². The molecule has 1 aliphatic rings. The first-order valence-electron chi connectivity index (χ1n) is 7.02. The zero-order chi connectivity index (χ0) is 14.7. The molecule has 1 heterocycles. The number of hydrogen-bond acceptors (Lipinski definition) is 3. The second kappa shape index (κ2) is 6.37. The second-order valence-electron chi connectivity index (χ2n) is 5.12. The maximum absolute atomic E-state index is 6.20. The first kappa shape index (κ1) is 14.2. The fraction of sp³-hybridized carbons (Fsp3) is 0.294. The summed E-state index contributed by atoms with van der Waals surface area (Å²) in [6.07, 6.45) is 0.919. The summed E-state index contributed by atoms with van der Waals surface area (Å²) in [5, 5.41) is 0.831. The Morgan fingerprint density at radius 3 is 2.86 bits per heavy atom. The summed E-state index contributed by atoms with van der Waals surface area (Å²) in [7, 11) is 1.67. The van der Waals surface area contributed by atoms with E-state index in [-0.39, 0.29) is 0 Å². The van der Waals surface area contributed by atoms with Gasteiger partial charge in [-0.05, 0) is 24.1 Å². The summed E-state index contributed by atoms with van der Waals surface area (Å²) in [5.41, 5.74) is 2.34. The molecule has 21 heavy (non-hydrogen) atoms. The van der Waals surface area contributed by atoms with E-state index < -0.39 is 0 Å². The van der Waals surface area contributed by atoms with Crippen molar-refractivity contribution in [3.63, 3.8) is 0 Å². The van der Waals surface area contributed by atoms with Gasteiger partial charge in [-0.15, -0.1) is 0 Å². The molecule has 0 fully saturated rings. The number of ether oxygens (including phenoxy) is 2. The molecule has 3 rings (SSSR count). The SMILES string of the molecule is COc1cccc2c1OCN(CCc1ccccc1Cl)C2. The normalized spacial score (nSPS) is 14.4. The Hall–Kier alpha value is -1.71. The molecule has 1 aliphatic heterocycles. The highest BCUT2D eigenvalue weighted by atomic mass is 35.5. The van der Waals surface area contributed by atoms with Crippen molar-refractivity contribution in [2.75, 3.05) is 20.4 Å².